The van der Waals surface area contributed by atoms with E-state index in [4.69, 9.17) is 0 Å². The second kappa shape index (κ2) is 4.23. The molecule has 94 valence electrons. The van der Waals surface area contributed by atoms with E-state index in [1.54, 1.807) is 0 Å². The average Bonchev–Trinajstić information content (AvgIpc) is 2.17. The molecule has 0 amide bonds. The Labute approximate surface area is 98.2 Å². The van der Waals surface area contributed by atoms with Crippen LogP contribution in [0, 0.1) is 5.82 Å². The highest BCUT2D eigenvalue weighted by atomic mass is 32.3. The van der Waals surface area contributed by atoms with Gasteiger partial charge in [-0.3, -0.25) is 0 Å². The Bertz CT molecular complexity index is 545. The van der Waals surface area contributed by atoms with Crippen molar-refractivity contribution >= 4 is 10.5 Å². The number of nitrogens with zero attached hydrogens (tertiary/aromatic N) is 1. The molecular weight excluding hydrogens is 252 g/mol. The van der Waals surface area contributed by atoms with Crippen molar-refractivity contribution in [2.24, 2.45) is 0 Å². The summed E-state index contributed by atoms with van der Waals surface area (Å²) in [4.78, 5) is 2.01. The molecule has 0 unspecified atom stereocenters. The lowest BCUT2D eigenvalue weighted by molar-refractivity contribution is 0.311. The van der Waals surface area contributed by atoms with Gasteiger partial charge in [-0.05, 0) is 36.7 Å². The predicted octanol–water partition coefficient (Wildman–Crippen LogP) is 1.41. The molecule has 1 aliphatic rings. The van der Waals surface area contributed by atoms with Gasteiger partial charge in [-0.15, -0.1) is 0 Å². The first-order chi connectivity index (χ1) is 7.85. The monoisotopic (exact) mass is 263 g/mol. The Kier molecular flexibility index (Phi) is 3.05. The van der Waals surface area contributed by atoms with Crippen LogP contribution in [0.3, 0.4) is 0 Å². The van der Waals surface area contributed by atoms with E-state index in [0.29, 0.717) is 13.0 Å². The topological polar surface area (TPSA) is 46.6 Å². The summed E-state index contributed by atoms with van der Waals surface area (Å²) in [5, 5.41) is 0. The molecule has 0 spiro atoms. The molecule has 1 aromatic carbocycles. The standard InChI is InChI=1S/C10H11F2NO3S/c1-13-3-2-7-5-10(16-17(12,14)15)9(11)4-8(7)6-13/h4-5H,2-3,6H2,1H3. The fourth-order valence-electron chi connectivity index (χ4n) is 1.87. The first-order valence-electron chi connectivity index (χ1n) is 4.99. The molecule has 0 saturated carbocycles. The summed E-state index contributed by atoms with van der Waals surface area (Å²) in [6.45, 7) is 1.36. The predicted molar refractivity (Wildman–Crippen MR) is 57.1 cm³/mol. The van der Waals surface area contributed by atoms with Crippen molar-refractivity contribution in [1.29, 1.82) is 0 Å². The molecule has 0 radical (unpaired) electrons. The maximum absolute atomic E-state index is 13.5. The van der Waals surface area contributed by atoms with E-state index in [9.17, 15) is 16.7 Å². The van der Waals surface area contributed by atoms with E-state index in [1.807, 2.05) is 11.9 Å². The zero-order valence-corrected chi connectivity index (χ0v) is 9.93. The quantitative estimate of drug-likeness (QED) is 0.757. The van der Waals surface area contributed by atoms with Gasteiger partial charge in [0.15, 0.2) is 11.6 Å². The first kappa shape index (κ1) is 12.3. The van der Waals surface area contributed by atoms with Gasteiger partial charge in [-0.25, -0.2) is 4.39 Å². The summed E-state index contributed by atoms with van der Waals surface area (Å²) in [5.74, 6) is -1.46. The molecule has 0 N–H and O–H groups in total. The van der Waals surface area contributed by atoms with Gasteiger partial charge in [0.2, 0.25) is 0 Å². The molecule has 0 saturated heterocycles. The minimum Gasteiger partial charge on any atom is -0.355 e. The third-order valence-electron chi connectivity index (χ3n) is 2.65. The first-order valence-corrected chi connectivity index (χ1v) is 6.30. The van der Waals surface area contributed by atoms with Gasteiger partial charge in [0, 0.05) is 13.1 Å². The molecule has 0 aromatic heterocycles. The molecule has 7 heteroatoms. The fourth-order valence-corrected chi connectivity index (χ4v) is 2.21. The van der Waals surface area contributed by atoms with Gasteiger partial charge >= 0.3 is 10.5 Å². The lowest BCUT2D eigenvalue weighted by atomic mass is 10.00. The lowest BCUT2D eigenvalue weighted by Crippen LogP contribution is -2.26. The highest BCUT2D eigenvalue weighted by molar-refractivity contribution is 7.81. The number of hydrogen-bond acceptors (Lipinski definition) is 4. The van der Waals surface area contributed by atoms with Crippen molar-refractivity contribution in [2.75, 3.05) is 13.6 Å². The number of rotatable bonds is 2. The number of likely N-dealkylation sites (N-methyl/N-ethyl adjacent to an activating group) is 1. The number of halogens is 2. The van der Waals surface area contributed by atoms with Gasteiger partial charge < -0.3 is 9.08 Å². The van der Waals surface area contributed by atoms with Crippen molar-refractivity contribution in [1.82, 2.24) is 4.90 Å². The van der Waals surface area contributed by atoms with Crippen molar-refractivity contribution in [3.05, 3.63) is 29.1 Å². The highest BCUT2D eigenvalue weighted by Crippen LogP contribution is 2.27. The molecule has 4 nitrogen and oxygen atoms in total. The second-order valence-electron chi connectivity index (χ2n) is 4.02. The van der Waals surface area contributed by atoms with Gasteiger partial charge in [0.1, 0.15) is 0 Å². The van der Waals surface area contributed by atoms with Crippen LogP contribution in [-0.4, -0.2) is 26.9 Å². The number of hydrogen-bond donors (Lipinski definition) is 0. The largest absolute Gasteiger partial charge is 0.488 e. The van der Waals surface area contributed by atoms with Crippen LogP contribution in [-0.2, 0) is 23.5 Å². The number of benzene rings is 1. The minimum absolute atomic E-state index is 0.578. The molecule has 2 rings (SSSR count). The van der Waals surface area contributed by atoms with Crippen molar-refractivity contribution in [3.63, 3.8) is 0 Å². The van der Waals surface area contributed by atoms with Gasteiger partial charge in [0.25, 0.3) is 0 Å². The van der Waals surface area contributed by atoms with Gasteiger partial charge in [0.05, 0.1) is 0 Å². The maximum atomic E-state index is 13.5. The second-order valence-corrected chi connectivity index (χ2v) is 4.97. The van der Waals surface area contributed by atoms with E-state index in [1.165, 1.54) is 12.1 Å². The molecule has 1 aromatic rings. The summed E-state index contributed by atoms with van der Waals surface area (Å²) in [6, 6.07) is 2.43. The molecule has 0 aliphatic carbocycles. The smallest absolute Gasteiger partial charge is 0.355 e. The Balaban J connectivity index is 2.38. The Hall–Kier alpha value is -1.21. The normalized spacial score (nSPS) is 16.6. The molecular formula is C10H11F2NO3S. The third kappa shape index (κ3) is 2.92. The lowest BCUT2D eigenvalue weighted by Gasteiger charge is -2.25. The summed E-state index contributed by atoms with van der Waals surface area (Å²) >= 11 is 0. The Morgan fingerprint density at radius 2 is 2.06 bits per heavy atom. The van der Waals surface area contributed by atoms with Crippen molar-refractivity contribution in [2.45, 2.75) is 13.0 Å². The molecule has 1 heterocycles. The van der Waals surface area contributed by atoms with Crippen LogP contribution >= 0.6 is 0 Å². The van der Waals surface area contributed by atoms with Crippen molar-refractivity contribution < 1.29 is 20.9 Å². The van der Waals surface area contributed by atoms with E-state index < -0.39 is 22.1 Å². The van der Waals surface area contributed by atoms with Crippen LogP contribution in [0.1, 0.15) is 11.1 Å². The van der Waals surface area contributed by atoms with Crippen LogP contribution in [0.2, 0.25) is 0 Å². The fraction of sp³-hybridized carbons (Fsp3) is 0.400. The van der Waals surface area contributed by atoms with E-state index in [0.717, 1.165) is 17.7 Å². The molecule has 0 bridgehead atoms. The van der Waals surface area contributed by atoms with Crippen LogP contribution in [0.5, 0.6) is 5.75 Å². The molecule has 17 heavy (non-hydrogen) atoms. The average molecular weight is 263 g/mol. The van der Waals surface area contributed by atoms with Gasteiger partial charge in [-0.1, -0.05) is 3.89 Å². The van der Waals surface area contributed by atoms with Crippen molar-refractivity contribution in [3.8, 4) is 5.75 Å². The highest BCUT2D eigenvalue weighted by Gasteiger charge is 2.20. The zero-order valence-electron chi connectivity index (χ0n) is 9.11. The van der Waals surface area contributed by atoms with Crippen LogP contribution < -0.4 is 4.18 Å². The summed E-state index contributed by atoms with van der Waals surface area (Å²) in [5.41, 5.74) is 1.54. The summed E-state index contributed by atoms with van der Waals surface area (Å²) in [7, 11) is -3.29. The minimum atomic E-state index is -5.19. The number of fused-ring (bicyclic) bond motifs is 1. The molecule has 0 atom stereocenters. The maximum Gasteiger partial charge on any atom is 0.488 e. The van der Waals surface area contributed by atoms with Gasteiger partial charge in [-0.2, -0.15) is 8.42 Å². The molecule has 1 aliphatic heterocycles. The van der Waals surface area contributed by atoms with Crippen LogP contribution in [0.15, 0.2) is 12.1 Å². The Morgan fingerprint density at radius 3 is 2.71 bits per heavy atom. The van der Waals surface area contributed by atoms with E-state index >= 15 is 0 Å². The van der Waals surface area contributed by atoms with Crippen LogP contribution in [0.25, 0.3) is 0 Å². The van der Waals surface area contributed by atoms with Crippen LogP contribution in [0.4, 0.5) is 8.28 Å². The SMILES string of the molecule is CN1CCc2cc(OS(=O)(=O)F)c(F)cc2C1. The van der Waals surface area contributed by atoms with E-state index in [-0.39, 0.29) is 0 Å². The summed E-state index contributed by atoms with van der Waals surface area (Å²) in [6.07, 6.45) is 0.648. The Morgan fingerprint density at radius 1 is 1.35 bits per heavy atom. The summed E-state index contributed by atoms with van der Waals surface area (Å²) < 4.78 is 50.3. The zero-order chi connectivity index (χ0) is 12.6. The molecule has 0 fully saturated rings. The third-order valence-corrected chi connectivity index (χ3v) is 3.03. The van der Waals surface area contributed by atoms with E-state index in [2.05, 4.69) is 4.18 Å².